The van der Waals surface area contributed by atoms with Crippen molar-refractivity contribution in [1.82, 2.24) is 14.7 Å². The van der Waals surface area contributed by atoms with Gasteiger partial charge in [0.2, 0.25) is 5.91 Å². The molecule has 22 heavy (non-hydrogen) atoms. The molecule has 118 valence electrons. The zero-order valence-electron chi connectivity index (χ0n) is 13.1. The van der Waals surface area contributed by atoms with E-state index in [-0.39, 0.29) is 11.9 Å². The predicted molar refractivity (Wildman–Crippen MR) is 91.0 cm³/mol. The van der Waals surface area contributed by atoms with Crippen LogP contribution in [0.3, 0.4) is 0 Å². The van der Waals surface area contributed by atoms with E-state index in [1.54, 1.807) is 6.08 Å². The van der Waals surface area contributed by atoms with Gasteiger partial charge in [-0.25, -0.2) is 4.98 Å². The summed E-state index contributed by atoms with van der Waals surface area (Å²) < 4.78 is 1.86. The van der Waals surface area contributed by atoms with Gasteiger partial charge in [-0.15, -0.1) is 0 Å². The molecule has 2 aromatic heterocycles. The summed E-state index contributed by atoms with van der Waals surface area (Å²) in [5.41, 5.74) is 1.48. The Morgan fingerprint density at radius 3 is 3.05 bits per heavy atom. The van der Waals surface area contributed by atoms with Gasteiger partial charge in [0, 0.05) is 18.3 Å². The van der Waals surface area contributed by atoms with Crippen LogP contribution in [0.1, 0.15) is 45.2 Å². The zero-order valence-corrected chi connectivity index (χ0v) is 13.8. The first-order valence-corrected chi connectivity index (χ1v) is 8.10. The molecular weight excluding hydrogens is 298 g/mol. The van der Waals surface area contributed by atoms with Crippen LogP contribution in [0.15, 0.2) is 30.5 Å². The molecule has 1 amide bonds. The smallest absolute Gasteiger partial charge is 0.244 e. The molecule has 0 aromatic carbocycles. The van der Waals surface area contributed by atoms with Gasteiger partial charge in [0.1, 0.15) is 5.65 Å². The van der Waals surface area contributed by atoms with Gasteiger partial charge >= 0.3 is 0 Å². The number of halogens is 1. The van der Waals surface area contributed by atoms with Gasteiger partial charge in [0.15, 0.2) is 5.15 Å². The Labute approximate surface area is 136 Å². The van der Waals surface area contributed by atoms with Crippen molar-refractivity contribution in [2.24, 2.45) is 0 Å². The second-order valence-corrected chi connectivity index (χ2v) is 5.81. The Morgan fingerprint density at radius 1 is 1.45 bits per heavy atom. The number of rotatable bonds is 7. The Hall–Kier alpha value is -1.81. The molecule has 1 atom stereocenters. The second kappa shape index (κ2) is 7.99. The van der Waals surface area contributed by atoms with Crippen LogP contribution in [-0.4, -0.2) is 21.3 Å². The Morgan fingerprint density at radius 2 is 2.27 bits per heavy atom. The first-order valence-electron chi connectivity index (χ1n) is 7.73. The van der Waals surface area contributed by atoms with E-state index in [4.69, 9.17) is 11.6 Å². The summed E-state index contributed by atoms with van der Waals surface area (Å²) in [6.45, 7) is 4.20. The predicted octanol–water partition coefficient (Wildman–Crippen LogP) is 4.09. The maximum atomic E-state index is 12.0. The van der Waals surface area contributed by atoms with Gasteiger partial charge in [-0.1, -0.05) is 43.9 Å². The van der Waals surface area contributed by atoms with E-state index in [9.17, 15) is 4.79 Å². The third kappa shape index (κ3) is 4.34. The highest BCUT2D eigenvalue weighted by Crippen LogP contribution is 2.18. The largest absolute Gasteiger partial charge is 0.350 e. The number of fused-ring (bicyclic) bond motifs is 1. The molecule has 0 spiro atoms. The molecule has 0 aliphatic carbocycles. The molecule has 1 unspecified atom stereocenters. The van der Waals surface area contributed by atoms with Crippen LogP contribution >= 0.6 is 11.6 Å². The van der Waals surface area contributed by atoms with Crippen molar-refractivity contribution in [3.05, 3.63) is 41.3 Å². The Bertz CT molecular complexity index is 663. The van der Waals surface area contributed by atoms with Crippen molar-refractivity contribution in [3.63, 3.8) is 0 Å². The standard InChI is InChI=1S/C17H22ClN3O/c1-3-4-5-8-13(2)19-16(22)11-10-14-17(18)20-15-9-6-7-12-21(14)15/h6-7,9-13H,3-5,8H2,1-2H3,(H,19,22)/b11-10+. The number of amides is 1. The molecule has 0 aliphatic heterocycles. The summed E-state index contributed by atoms with van der Waals surface area (Å²) in [6, 6.07) is 5.86. The van der Waals surface area contributed by atoms with Gasteiger partial charge < -0.3 is 5.32 Å². The number of hydrogen-bond donors (Lipinski definition) is 1. The number of carbonyl (C=O) groups excluding carboxylic acids is 1. The molecule has 0 fully saturated rings. The molecule has 0 saturated heterocycles. The fourth-order valence-electron chi connectivity index (χ4n) is 2.35. The third-order valence-electron chi connectivity index (χ3n) is 3.54. The average molecular weight is 320 g/mol. The SMILES string of the molecule is CCCCCC(C)NC(=O)/C=C/c1c(Cl)nc2ccccn12. The van der Waals surface area contributed by atoms with Crippen LogP contribution in [0.2, 0.25) is 5.15 Å². The molecule has 0 bridgehead atoms. The van der Waals surface area contributed by atoms with Crippen LogP contribution < -0.4 is 5.32 Å². The van der Waals surface area contributed by atoms with Crippen molar-refractivity contribution in [3.8, 4) is 0 Å². The lowest BCUT2D eigenvalue weighted by Gasteiger charge is -2.11. The fourth-order valence-corrected chi connectivity index (χ4v) is 2.59. The Balaban J connectivity index is 1.98. The van der Waals surface area contributed by atoms with E-state index in [0.717, 1.165) is 18.5 Å². The number of nitrogens with one attached hydrogen (secondary N) is 1. The number of unbranched alkanes of at least 4 members (excludes halogenated alkanes) is 2. The molecule has 1 N–H and O–H groups in total. The Kier molecular flexibility index (Phi) is 6.01. The van der Waals surface area contributed by atoms with Crippen molar-refractivity contribution >= 4 is 29.2 Å². The zero-order chi connectivity index (χ0) is 15.9. The minimum absolute atomic E-state index is 0.106. The summed E-state index contributed by atoms with van der Waals surface area (Å²) in [4.78, 5) is 16.2. The maximum absolute atomic E-state index is 12.0. The van der Waals surface area contributed by atoms with Crippen LogP contribution in [-0.2, 0) is 4.79 Å². The number of imidazole rings is 1. The molecule has 0 radical (unpaired) electrons. The number of nitrogens with zero attached hydrogens (tertiary/aromatic N) is 2. The van der Waals surface area contributed by atoms with Crippen molar-refractivity contribution in [2.75, 3.05) is 0 Å². The molecule has 0 saturated carbocycles. The molecule has 2 aromatic rings. The second-order valence-electron chi connectivity index (χ2n) is 5.46. The van der Waals surface area contributed by atoms with E-state index in [2.05, 4.69) is 17.2 Å². The van der Waals surface area contributed by atoms with Crippen LogP contribution in [0.4, 0.5) is 0 Å². The van der Waals surface area contributed by atoms with Crippen molar-refractivity contribution in [1.29, 1.82) is 0 Å². The topological polar surface area (TPSA) is 46.4 Å². The first-order chi connectivity index (χ1) is 10.6. The van der Waals surface area contributed by atoms with Gasteiger partial charge in [-0.05, 0) is 31.6 Å². The number of pyridine rings is 1. The highest BCUT2D eigenvalue weighted by Gasteiger charge is 2.08. The average Bonchev–Trinajstić information content (AvgIpc) is 2.81. The molecule has 4 nitrogen and oxygen atoms in total. The number of carbonyl (C=O) groups is 1. The fraction of sp³-hybridized carbons (Fsp3) is 0.412. The summed E-state index contributed by atoms with van der Waals surface area (Å²) >= 11 is 6.13. The summed E-state index contributed by atoms with van der Waals surface area (Å²) in [5, 5.41) is 3.36. The minimum atomic E-state index is -0.106. The highest BCUT2D eigenvalue weighted by atomic mass is 35.5. The van der Waals surface area contributed by atoms with Gasteiger partial charge in [-0.2, -0.15) is 0 Å². The van der Waals surface area contributed by atoms with E-state index in [1.165, 1.54) is 18.9 Å². The van der Waals surface area contributed by atoms with E-state index in [1.807, 2.05) is 35.7 Å². The van der Waals surface area contributed by atoms with Crippen molar-refractivity contribution < 1.29 is 4.79 Å². The van der Waals surface area contributed by atoms with Gasteiger partial charge in [0.25, 0.3) is 0 Å². The van der Waals surface area contributed by atoms with E-state index >= 15 is 0 Å². The molecule has 2 heterocycles. The van der Waals surface area contributed by atoms with Crippen molar-refractivity contribution in [2.45, 2.75) is 45.6 Å². The first kappa shape index (κ1) is 16.6. The lowest BCUT2D eigenvalue weighted by molar-refractivity contribution is -0.117. The maximum Gasteiger partial charge on any atom is 0.244 e. The monoisotopic (exact) mass is 319 g/mol. The highest BCUT2D eigenvalue weighted by molar-refractivity contribution is 6.31. The number of aromatic nitrogens is 2. The van der Waals surface area contributed by atoms with Crippen LogP contribution in [0, 0.1) is 0 Å². The quantitative estimate of drug-likeness (QED) is 0.617. The lowest BCUT2D eigenvalue weighted by Crippen LogP contribution is -2.30. The van der Waals surface area contributed by atoms with Gasteiger partial charge in [0.05, 0.1) is 5.69 Å². The normalized spacial score (nSPS) is 12.9. The summed E-state index contributed by atoms with van der Waals surface area (Å²) in [5.74, 6) is -0.106. The number of hydrogen-bond acceptors (Lipinski definition) is 2. The van der Waals surface area contributed by atoms with Crippen LogP contribution in [0.5, 0.6) is 0 Å². The molecule has 0 aliphatic rings. The molecular formula is C17H22ClN3O. The molecule has 2 rings (SSSR count). The van der Waals surface area contributed by atoms with E-state index in [0.29, 0.717) is 10.8 Å². The molecule has 5 heteroatoms. The van der Waals surface area contributed by atoms with Crippen LogP contribution in [0.25, 0.3) is 11.7 Å². The summed E-state index contributed by atoms with van der Waals surface area (Å²) in [6.07, 6.45) is 9.62. The van der Waals surface area contributed by atoms with Gasteiger partial charge in [-0.3, -0.25) is 9.20 Å². The minimum Gasteiger partial charge on any atom is -0.350 e. The lowest BCUT2D eigenvalue weighted by atomic mass is 10.1. The van der Waals surface area contributed by atoms with E-state index < -0.39 is 0 Å². The summed E-state index contributed by atoms with van der Waals surface area (Å²) in [7, 11) is 0. The third-order valence-corrected chi connectivity index (χ3v) is 3.82.